The predicted molar refractivity (Wildman–Crippen MR) is 239 cm³/mol. The van der Waals surface area contributed by atoms with E-state index in [-0.39, 0.29) is 0 Å². The van der Waals surface area contributed by atoms with E-state index < -0.39 is 0 Å². The molecule has 0 fully saturated rings. The fraction of sp³-hybridized carbons (Fsp3) is 0.0189. The van der Waals surface area contributed by atoms with Crippen molar-refractivity contribution in [1.29, 1.82) is 0 Å². The molecule has 57 heavy (non-hydrogen) atoms. The highest BCUT2D eigenvalue weighted by molar-refractivity contribution is 6.16. The maximum atomic E-state index is 6.77. The lowest BCUT2D eigenvalue weighted by atomic mass is 9.94. The van der Waals surface area contributed by atoms with E-state index in [1.54, 1.807) is 0 Å². The number of rotatable bonds is 7. The van der Waals surface area contributed by atoms with Gasteiger partial charge in [0.15, 0.2) is 5.84 Å². The van der Waals surface area contributed by atoms with E-state index in [9.17, 15) is 0 Å². The summed E-state index contributed by atoms with van der Waals surface area (Å²) >= 11 is 0. The number of hydrogen-bond acceptors (Lipinski definition) is 2. The Hall–Kier alpha value is -7.56. The smallest absolute Gasteiger partial charge is 0.157 e. The number of nitrogens with two attached hydrogens (primary N) is 1. The zero-order chi connectivity index (χ0) is 38.1. The van der Waals surface area contributed by atoms with Crippen molar-refractivity contribution >= 4 is 55.2 Å². The normalized spacial score (nSPS) is 12.2. The third-order valence-corrected chi connectivity index (χ3v) is 10.8. The molecule has 9 aromatic carbocycles. The first kappa shape index (κ1) is 34.0. The Morgan fingerprint density at radius 1 is 0.456 bits per heavy atom. The quantitative estimate of drug-likeness (QED) is 0.131. The molecule has 0 saturated carbocycles. The molecule has 1 aromatic heterocycles. The predicted octanol–water partition coefficient (Wildman–Crippen LogP) is 13.2. The molecular weight excluding hydrogens is 695 g/mol. The van der Waals surface area contributed by atoms with Gasteiger partial charge in [-0.2, -0.15) is 0 Å². The van der Waals surface area contributed by atoms with Crippen LogP contribution < -0.4 is 5.73 Å². The van der Waals surface area contributed by atoms with Gasteiger partial charge in [-0.05, 0) is 73.1 Å². The summed E-state index contributed by atoms with van der Waals surface area (Å²) in [6.07, 6.45) is 0. The molecule has 270 valence electrons. The molecule has 0 amide bonds. The third-order valence-electron chi connectivity index (χ3n) is 10.8. The van der Waals surface area contributed by atoms with Crippen LogP contribution in [0.1, 0.15) is 16.7 Å². The summed E-state index contributed by atoms with van der Waals surface area (Å²) in [5, 5.41) is 6.86. The minimum absolute atomic E-state index is 0.399. The van der Waals surface area contributed by atoms with Crippen LogP contribution in [-0.4, -0.2) is 11.7 Å². The Morgan fingerprint density at radius 2 is 1.05 bits per heavy atom. The second-order valence-corrected chi connectivity index (χ2v) is 14.3. The molecule has 0 radical (unpaired) electrons. The van der Waals surface area contributed by atoms with Gasteiger partial charge in [-0.3, -0.25) is 4.99 Å². The number of aliphatic imine (C=N–C) groups is 2. The Labute approximate surface area is 330 Å². The summed E-state index contributed by atoms with van der Waals surface area (Å²) in [6, 6.07) is 69.5. The molecular formula is C53H37N3O. The summed E-state index contributed by atoms with van der Waals surface area (Å²) in [7, 11) is 0. The van der Waals surface area contributed by atoms with Crippen molar-refractivity contribution in [2.24, 2.45) is 15.7 Å². The van der Waals surface area contributed by atoms with E-state index in [0.717, 1.165) is 82.8 Å². The highest BCUT2D eigenvalue weighted by atomic mass is 16.3. The lowest BCUT2D eigenvalue weighted by molar-refractivity contribution is 0.670. The van der Waals surface area contributed by atoms with Crippen molar-refractivity contribution < 1.29 is 4.42 Å². The van der Waals surface area contributed by atoms with Crippen LogP contribution in [0.5, 0.6) is 0 Å². The van der Waals surface area contributed by atoms with Gasteiger partial charge in [0.1, 0.15) is 17.0 Å². The maximum Gasteiger partial charge on any atom is 0.157 e. The molecule has 0 aliphatic heterocycles. The second kappa shape index (κ2) is 14.6. The molecule has 0 bridgehead atoms. The topological polar surface area (TPSA) is 63.9 Å². The molecule has 1 heterocycles. The van der Waals surface area contributed by atoms with Gasteiger partial charge in [0, 0.05) is 27.5 Å². The van der Waals surface area contributed by atoms with Crippen LogP contribution in [0.25, 0.3) is 76.9 Å². The second-order valence-electron chi connectivity index (χ2n) is 14.3. The number of furan rings is 1. The Kier molecular flexibility index (Phi) is 8.69. The fourth-order valence-electron chi connectivity index (χ4n) is 7.90. The molecule has 0 unspecified atom stereocenters. The average molecular weight is 732 g/mol. The largest absolute Gasteiger partial charge is 0.455 e. The maximum absolute atomic E-state index is 6.77. The van der Waals surface area contributed by atoms with Crippen LogP contribution >= 0.6 is 0 Å². The first-order chi connectivity index (χ1) is 28.2. The number of hydrogen-bond donors (Lipinski definition) is 1. The zero-order valence-corrected chi connectivity index (χ0v) is 31.1. The van der Waals surface area contributed by atoms with Gasteiger partial charge in [0.2, 0.25) is 0 Å². The van der Waals surface area contributed by atoms with Crippen LogP contribution in [0.2, 0.25) is 0 Å². The number of amidine groups is 2. The van der Waals surface area contributed by atoms with Gasteiger partial charge < -0.3 is 10.2 Å². The molecule has 4 heteroatoms. The third kappa shape index (κ3) is 6.53. The van der Waals surface area contributed by atoms with Crippen LogP contribution in [0.15, 0.2) is 215 Å². The fourth-order valence-corrected chi connectivity index (χ4v) is 7.90. The van der Waals surface area contributed by atoms with E-state index in [2.05, 4.69) is 170 Å². The minimum atomic E-state index is 0.399. The lowest BCUT2D eigenvalue weighted by Crippen LogP contribution is -2.16. The van der Waals surface area contributed by atoms with Gasteiger partial charge in [-0.15, -0.1) is 0 Å². The van der Waals surface area contributed by atoms with E-state index in [0.29, 0.717) is 18.2 Å². The van der Waals surface area contributed by atoms with Gasteiger partial charge in [-0.1, -0.05) is 182 Å². The van der Waals surface area contributed by atoms with Gasteiger partial charge in [-0.25, -0.2) is 4.99 Å². The number of nitrogens with zero attached hydrogens (tertiary/aromatic N) is 2. The standard InChI is InChI=1S/C53H37N3O/c54-52(39-28-24-38(25-29-39)35-12-2-1-3-13-35)56-53(43-31-27-37-15-5-7-17-41(37)33-43)55-34-44-18-8-9-19-45(44)47-21-11-23-49-50(47)48-22-10-20-46(51(48)57-49)42-30-26-36-14-4-6-16-40(36)32-42/h1-33H,34H2,(H2,54,55,56). The summed E-state index contributed by atoms with van der Waals surface area (Å²) in [5.74, 6) is 0.985. The SMILES string of the molecule is N/C(=N\C(=N/Cc1ccccc1-c1cccc2oc3c(-c4ccc5ccccc5c4)cccc3c12)c1ccc2ccccc2c1)c1ccc(-c2ccccc2)cc1. The molecule has 0 spiro atoms. The zero-order valence-electron chi connectivity index (χ0n) is 31.1. The summed E-state index contributed by atoms with van der Waals surface area (Å²) in [4.78, 5) is 10.2. The Bertz CT molecular complexity index is 3160. The first-order valence-electron chi connectivity index (χ1n) is 19.2. The van der Waals surface area contributed by atoms with Gasteiger partial charge in [0.25, 0.3) is 0 Å². The number of benzene rings is 9. The van der Waals surface area contributed by atoms with E-state index in [1.807, 2.05) is 30.3 Å². The summed E-state index contributed by atoms with van der Waals surface area (Å²) in [5.41, 5.74) is 18.0. The van der Waals surface area contributed by atoms with Crippen molar-refractivity contribution in [2.45, 2.75) is 6.54 Å². The van der Waals surface area contributed by atoms with Crippen molar-refractivity contribution in [3.8, 4) is 33.4 Å². The van der Waals surface area contributed by atoms with Crippen molar-refractivity contribution in [3.63, 3.8) is 0 Å². The number of fused-ring (bicyclic) bond motifs is 5. The molecule has 0 atom stereocenters. The summed E-state index contributed by atoms with van der Waals surface area (Å²) < 4.78 is 6.70. The minimum Gasteiger partial charge on any atom is -0.455 e. The van der Waals surface area contributed by atoms with Crippen LogP contribution in [0.3, 0.4) is 0 Å². The van der Waals surface area contributed by atoms with Crippen LogP contribution in [0, 0.1) is 0 Å². The summed E-state index contributed by atoms with van der Waals surface area (Å²) in [6.45, 7) is 0.399. The molecule has 2 N–H and O–H groups in total. The van der Waals surface area contributed by atoms with Crippen molar-refractivity contribution in [3.05, 3.63) is 217 Å². The molecule has 0 saturated heterocycles. The Balaban J connectivity index is 1.05. The van der Waals surface area contributed by atoms with Crippen molar-refractivity contribution in [2.75, 3.05) is 0 Å². The lowest BCUT2D eigenvalue weighted by Gasteiger charge is -2.11. The monoisotopic (exact) mass is 731 g/mol. The molecule has 10 rings (SSSR count). The first-order valence-corrected chi connectivity index (χ1v) is 19.2. The average Bonchev–Trinajstić information content (AvgIpc) is 3.67. The highest BCUT2D eigenvalue weighted by Gasteiger charge is 2.18. The van der Waals surface area contributed by atoms with E-state index in [1.165, 1.54) is 10.8 Å². The van der Waals surface area contributed by atoms with Crippen LogP contribution in [-0.2, 0) is 6.54 Å². The van der Waals surface area contributed by atoms with Crippen molar-refractivity contribution in [1.82, 2.24) is 0 Å². The molecule has 0 aliphatic carbocycles. The van der Waals surface area contributed by atoms with E-state index >= 15 is 0 Å². The Morgan fingerprint density at radius 3 is 1.86 bits per heavy atom. The van der Waals surface area contributed by atoms with Crippen LogP contribution in [0.4, 0.5) is 0 Å². The van der Waals surface area contributed by atoms with Gasteiger partial charge in [0.05, 0.1) is 6.54 Å². The molecule has 10 aromatic rings. The number of para-hydroxylation sites is 1. The molecule has 0 aliphatic rings. The van der Waals surface area contributed by atoms with E-state index in [4.69, 9.17) is 20.1 Å². The molecule has 4 nitrogen and oxygen atoms in total. The van der Waals surface area contributed by atoms with Gasteiger partial charge >= 0.3 is 0 Å². The highest BCUT2D eigenvalue weighted by Crippen LogP contribution is 2.41.